The largest absolute Gasteiger partial charge is 0.383 e. The molecule has 0 aliphatic heterocycles. The molecule has 0 saturated heterocycles. The van der Waals surface area contributed by atoms with Gasteiger partial charge < -0.3 is 10.5 Å². The van der Waals surface area contributed by atoms with Crippen LogP contribution >= 0.6 is 0 Å². The summed E-state index contributed by atoms with van der Waals surface area (Å²) in [4.78, 5) is -0.369. The molecule has 0 aliphatic carbocycles. The minimum Gasteiger partial charge on any atom is -0.383 e. The number of benzene rings is 1. The van der Waals surface area contributed by atoms with Crippen LogP contribution in [0.3, 0.4) is 0 Å². The molecule has 1 aromatic carbocycles. The highest BCUT2D eigenvalue weighted by Gasteiger charge is 2.29. The third-order valence-electron chi connectivity index (χ3n) is 2.38. The van der Waals surface area contributed by atoms with Gasteiger partial charge in [-0.25, -0.2) is 8.42 Å². The molecule has 7 heteroatoms. The van der Waals surface area contributed by atoms with Gasteiger partial charge in [0.05, 0.1) is 11.5 Å². The molecule has 0 radical (unpaired) electrons. The molecule has 1 atom stereocenters. The number of methoxy groups -OCH3 is 1. The molecule has 0 saturated carbocycles. The lowest BCUT2D eigenvalue weighted by Gasteiger charge is -2.14. The van der Waals surface area contributed by atoms with Crippen molar-refractivity contribution in [3.05, 3.63) is 29.8 Å². The molecule has 0 fully saturated rings. The van der Waals surface area contributed by atoms with Gasteiger partial charge in [-0.15, -0.1) is 0 Å². The highest BCUT2D eigenvalue weighted by molar-refractivity contribution is 7.91. The number of nitrogens with two attached hydrogens (primary N) is 1. The zero-order chi connectivity index (χ0) is 13.8. The van der Waals surface area contributed by atoms with E-state index in [2.05, 4.69) is 0 Å². The Kier molecular flexibility index (Phi) is 5.18. The second-order valence-corrected chi connectivity index (χ2v) is 5.72. The second kappa shape index (κ2) is 6.21. The van der Waals surface area contributed by atoms with Gasteiger partial charge in [0.15, 0.2) is 0 Å². The van der Waals surface area contributed by atoms with Gasteiger partial charge in [0, 0.05) is 13.2 Å². The average molecular weight is 279 g/mol. The number of halogens is 2. The summed E-state index contributed by atoms with van der Waals surface area (Å²) in [6.07, 6.45) is 0.163. The SMILES string of the molecule is COCC(N)Cc1ccccc1S(=O)(=O)C(F)F. The predicted molar refractivity (Wildman–Crippen MR) is 63.2 cm³/mol. The van der Waals surface area contributed by atoms with Gasteiger partial charge in [-0.05, 0) is 18.1 Å². The summed E-state index contributed by atoms with van der Waals surface area (Å²) >= 11 is 0. The lowest BCUT2D eigenvalue weighted by atomic mass is 10.1. The van der Waals surface area contributed by atoms with E-state index in [9.17, 15) is 17.2 Å². The van der Waals surface area contributed by atoms with Crippen LogP contribution in [0.5, 0.6) is 0 Å². The fourth-order valence-corrected chi connectivity index (χ4v) is 2.58. The summed E-state index contributed by atoms with van der Waals surface area (Å²) in [7, 11) is -3.14. The first-order valence-corrected chi connectivity index (χ1v) is 6.78. The smallest absolute Gasteiger partial charge is 0.341 e. The van der Waals surface area contributed by atoms with Crippen molar-refractivity contribution in [3.63, 3.8) is 0 Å². The molecular weight excluding hydrogens is 264 g/mol. The van der Waals surface area contributed by atoms with Crippen LogP contribution in [0.1, 0.15) is 5.56 Å². The fraction of sp³-hybridized carbons (Fsp3) is 0.455. The molecule has 0 aromatic heterocycles. The van der Waals surface area contributed by atoms with E-state index in [4.69, 9.17) is 10.5 Å². The van der Waals surface area contributed by atoms with Gasteiger partial charge in [0.25, 0.3) is 0 Å². The van der Waals surface area contributed by atoms with Crippen molar-refractivity contribution in [2.24, 2.45) is 5.73 Å². The molecule has 4 nitrogen and oxygen atoms in total. The van der Waals surface area contributed by atoms with Crippen molar-refractivity contribution in [1.29, 1.82) is 0 Å². The number of ether oxygens (including phenoxy) is 1. The van der Waals surface area contributed by atoms with Crippen LogP contribution < -0.4 is 5.73 Å². The molecule has 18 heavy (non-hydrogen) atoms. The van der Waals surface area contributed by atoms with Crippen molar-refractivity contribution >= 4 is 9.84 Å². The van der Waals surface area contributed by atoms with E-state index in [0.29, 0.717) is 0 Å². The van der Waals surface area contributed by atoms with Crippen LogP contribution in [0.4, 0.5) is 8.78 Å². The lowest BCUT2D eigenvalue weighted by Crippen LogP contribution is -2.29. The van der Waals surface area contributed by atoms with Crippen LogP contribution in [0.2, 0.25) is 0 Å². The van der Waals surface area contributed by atoms with Crippen molar-refractivity contribution in [2.45, 2.75) is 23.1 Å². The standard InChI is InChI=1S/C11H15F2NO3S/c1-17-7-9(14)6-8-4-2-3-5-10(8)18(15,16)11(12)13/h2-5,9,11H,6-7,14H2,1H3. The quantitative estimate of drug-likeness (QED) is 0.849. The van der Waals surface area contributed by atoms with E-state index in [1.54, 1.807) is 6.07 Å². The molecule has 1 rings (SSSR count). The van der Waals surface area contributed by atoms with Gasteiger partial charge in [-0.1, -0.05) is 18.2 Å². The minimum absolute atomic E-state index is 0.163. The highest BCUT2D eigenvalue weighted by Crippen LogP contribution is 2.23. The third kappa shape index (κ3) is 3.47. The van der Waals surface area contributed by atoms with E-state index < -0.39 is 21.6 Å². The molecule has 2 N–H and O–H groups in total. The molecule has 0 heterocycles. The summed E-state index contributed by atoms with van der Waals surface area (Å²) in [6.45, 7) is 0.225. The Bertz CT molecular complexity index is 491. The van der Waals surface area contributed by atoms with E-state index in [0.717, 1.165) is 6.07 Å². The minimum atomic E-state index is -4.60. The van der Waals surface area contributed by atoms with Gasteiger partial charge in [0.1, 0.15) is 0 Å². The Morgan fingerprint density at radius 1 is 1.33 bits per heavy atom. The van der Waals surface area contributed by atoms with Gasteiger partial charge >= 0.3 is 5.76 Å². The maximum Gasteiger partial charge on any atom is 0.341 e. The molecule has 1 unspecified atom stereocenters. The molecule has 0 amide bonds. The molecule has 1 aromatic rings. The topological polar surface area (TPSA) is 69.4 Å². The normalized spacial score (nSPS) is 13.8. The maximum absolute atomic E-state index is 12.5. The fourth-order valence-electron chi connectivity index (χ4n) is 1.60. The Hall–Kier alpha value is -1.05. The van der Waals surface area contributed by atoms with E-state index >= 15 is 0 Å². The first kappa shape index (κ1) is 15.0. The van der Waals surface area contributed by atoms with Crippen molar-refractivity contribution < 1.29 is 21.9 Å². The van der Waals surface area contributed by atoms with Crippen molar-refractivity contribution in [3.8, 4) is 0 Å². The number of hydrogen-bond acceptors (Lipinski definition) is 4. The Balaban J connectivity index is 3.08. The molecule has 102 valence electrons. The van der Waals surface area contributed by atoms with E-state index in [-0.39, 0.29) is 23.5 Å². The summed E-state index contributed by atoms with van der Waals surface area (Å²) < 4.78 is 52.8. The maximum atomic E-state index is 12.5. The summed E-state index contributed by atoms with van der Waals surface area (Å²) in [5.74, 6) is -3.43. The van der Waals surface area contributed by atoms with Crippen LogP contribution in [-0.2, 0) is 21.0 Å². The summed E-state index contributed by atoms with van der Waals surface area (Å²) in [6, 6.07) is 5.19. The summed E-state index contributed by atoms with van der Waals surface area (Å²) in [5.41, 5.74) is 5.98. The molecular formula is C11H15F2NO3S. The summed E-state index contributed by atoms with van der Waals surface area (Å²) in [5, 5.41) is 0. The zero-order valence-corrected chi connectivity index (χ0v) is 10.7. The van der Waals surface area contributed by atoms with Crippen LogP contribution in [-0.4, -0.2) is 33.9 Å². The van der Waals surface area contributed by atoms with Gasteiger partial charge in [0.2, 0.25) is 9.84 Å². The average Bonchev–Trinajstić information content (AvgIpc) is 2.29. The third-order valence-corrected chi connectivity index (χ3v) is 3.86. The molecule has 0 spiro atoms. The first-order valence-electron chi connectivity index (χ1n) is 5.24. The number of hydrogen-bond donors (Lipinski definition) is 1. The second-order valence-electron chi connectivity index (χ2n) is 3.83. The first-order chi connectivity index (χ1) is 8.39. The lowest BCUT2D eigenvalue weighted by molar-refractivity contribution is 0.179. The Labute approximate surface area is 105 Å². The molecule has 0 bridgehead atoms. The number of alkyl halides is 2. The van der Waals surface area contributed by atoms with Crippen LogP contribution in [0.15, 0.2) is 29.2 Å². The van der Waals surface area contributed by atoms with Crippen LogP contribution in [0.25, 0.3) is 0 Å². The predicted octanol–water partition coefficient (Wildman–Crippen LogP) is 1.20. The van der Waals surface area contributed by atoms with Crippen LogP contribution in [0, 0.1) is 0 Å². The zero-order valence-electron chi connectivity index (χ0n) is 9.84. The van der Waals surface area contributed by atoms with Crippen molar-refractivity contribution in [2.75, 3.05) is 13.7 Å². The van der Waals surface area contributed by atoms with Gasteiger partial charge in [-0.3, -0.25) is 0 Å². The Morgan fingerprint density at radius 3 is 2.50 bits per heavy atom. The highest BCUT2D eigenvalue weighted by atomic mass is 32.2. The monoisotopic (exact) mass is 279 g/mol. The van der Waals surface area contributed by atoms with E-state index in [1.165, 1.54) is 19.2 Å². The van der Waals surface area contributed by atoms with Gasteiger partial charge in [-0.2, -0.15) is 8.78 Å². The van der Waals surface area contributed by atoms with Crippen molar-refractivity contribution in [1.82, 2.24) is 0 Å². The molecule has 0 aliphatic rings. The number of sulfone groups is 1. The van der Waals surface area contributed by atoms with E-state index in [1.807, 2.05) is 0 Å². The Morgan fingerprint density at radius 2 is 1.94 bits per heavy atom. The number of rotatable bonds is 6.